The number of ether oxygens (including phenoxy) is 1. The van der Waals surface area contributed by atoms with E-state index in [2.05, 4.69) is 40.9 Å². The zero-order valence-corrected chi connectivity index (χ0v) is 16.0. The first-order valence-electron chi connectivity index (χ1n) is 8.52. The third-order valence-corrected chi connectivity index (χ3v) is 4.64. The fourth-order valence-corrected chi connectivity index (χ4v) is 3.13. The third kappa shape index (κ3) is 4.20. The fraction of sp³-hybridized carbons (Fsp3) is 0.278. The summed E-state index contributed by atoms with van der Waals surface area (Å²) in [7, 11) is 0. The first-order valence-corrected chi connectivity index (χ1v) is 9.31. The van der Waals surface area contributed by atoms with Crippen molar-refractivity contribution in [2.75, 3.05) is 24.6 Å². The summed E-state index contributed by atoms with van der Waals surface area (Å²) in [6.07, 6.45) is 6.68. The molecule has 0 spiro atoms. The Morgan fingerprint density at radius 2 is 2.04 bits per heavy atom. The van der Waals surface area contributed by atoms with Crippen molar-refractivity contribution < 1.29 is 4.74 Å². The van der Waals surface area contributed by atoms with E-state index in [1.54, 1.807) is 30.9 Å². The van der Waals surface area contributed by atoms with Crippen LogP contribution in [0.3, 0.4) is 0 Å². The van der Waals surface area contributed by atoms with Gasteiger partial charge in [0.25, 0.3) is 5.56 Å². The van der Waals surface area contributed by atoms with Gasteiger partial charge < -0.3 is 9.64 Å². The molecule has 1 saturated heterocycles. The highest BCUT2D eigenvalue weighted by molar-refractivity contribution is 9.10. The zero-order chi connectivity index (χ0) is 18.6. The van der Waals surface area contributed by atoms with Gasteiger partial charge in [0.2, 0.25) is 5.95 Å². The van der Waals surface area contributed by atoms with E-state index < -0.39 is 0 Å². The van der Waals surface area contributed by atoms with Crippen LogP contribution < -0.4 is 10.5 Å². The molecule has 9 heteroatoms. The average Bonchev–Trinajstić information content (AvgIpc) is 2.71. The monoisotopic (exact) mass is 428 g/mol. The largest absolute Gasteiger partial charge is 0.373 e. The minimum atomic E-state index is -0.180. The molecule has 0 radical (unpaired) electrons. The lowest BCUT2D eigenvalue weighted by Gasteiger charge is -2.32. The van der Waals surface area contributed by atoms with Gasteiger partial charge in [-0.05, 0) is 34.1 Å². The first-order chi connectivity index (χ1) is 13.2. The van der Waals surface area contributed by atoms with Gasteiger partial charge in [-0.2, -0.15) is 5.10 Å². The Balaban J connectivity index is 1.51. The van der Waals surface area contributed by atoms with E-state index in [4.69, 9.17) is 4.74 Å². The van der Waals surface area contributed by atoms with Gasteiger partial charge in [0.1, 0.15) is 0 Å². The topological polar surface area (TPSA) is 86.0 Å². The second-order valence-corrected chi connectivity index (χ2v) is 7.04. The van der Waals surface area contributed by atoms with Gasteiger partial charge in [0.15, 0.2) is 0 Å². The van der Waals surface area contributed by atoms with Crippen LogP contribution in [-0.2, 0) is 11.3 Å². The van der Waals surface area contributed by atoms with E-state index in [1.807, 2.05) is 12.1 Å². The molecule has 4 heterocycles. The van der Waals surface area contributed by atoms with E-state index in [1.165, 1.54) is 10.7 Å². The van der Waals surface area contributed by atoms with Gasteiger partial charge in [-0.25, -0.2) is 14.6 Å². The van der Waals surface area contributed by atoms with Crippen LogP contribution in [0.15, 0.2) is 58.3 Å². The van der Waals surface area contributed by atoms with Crippen molar-refractivity contribution in [3.8, 4) is 11.3 Å². The second-order valence-electron chi connectivity index (χ2n) is 6.12. The maximum absolute atomic E-state index is 12.3. The van der Waals surface area contributed by atoms with Crippen molar-refractivity contribution in [2.45, 2.75) is 12.6 Å². The predicted octanol–water partition coefficient (Wildman–Crippen LogP) is 1.76. The molecule has 0 N–H and O–H groups in total. The molecule has 1 aliphatic rings. The molecule has 0 aliphatic carbocycles. The minimum Gasteiger partial charge on any atom is -0.373 e. The third-order valence-electron chi connectivity index (χ3n) is 4.23. The van der Waals surface area contributed by atoms with Crippen molar-refractivity contribution in [2.24, 2.45) is 0 Å². The maximum atomic E-state index is 12.3. The number of rotatable bonds is 4. The van der Waals surface area contributed by atoms with Crippen LogP contribution in [0.25, 0.3) is 11.3 Å². The predicted molar refractivity (Wildman–Crippen MR) is 103 cm³/mol. The summed E-state index contributed by atoms with van der Waals surface area (Å²) in [5.41, 5.74) is 1.40. The van der Waals surface area contributed by atoms with E-state index in [9.17, 15) is 4.79 Å². The lowest BCUT2D eigenvalue weighted by atomic mass is 10.2. The number of hydrogen-bond donors (Lipinski definition) is 0. The Kier molecular flexibility index (Phi) is 5.21. The summed E-state index contributed by atoms with van der Waals surface area (Å²) in [6.45, 7) is 2.20. The molecular formula is C18H17BrN6O2. The number of halogens is 1. The van der Waals surface area contributed by atoms with Gasteiger partial charge >= 0.3 is 0 Å². The molecule has 3 aromatic rings. The fourth-order valence-electron chi connectivity index (χ4n) is 2.92. The highest BCUT2D eigenvalue weighted by atomic mass is 79.9. The quantitative estimate of drug-likeness (QED) is 0.625. The van der Waals surface area contributed by atoms with Crippen molar-refractivity contribution >= 4 is 21.9 Å². The molecule has 1 fully saturated rings. The summed E-state index contributed by atoms with van der Waals surface area (Å²) in [5.74, 6) is 0.649. The molecule has 0 bridgehead atoms. The van der Waals surface area contributed by atoms with E-state index in [0.717, 1.165) is 10.0 Å². The lowest BCUT2D eigenvalue weighted by molar-refractivity contribution is 0.0260. The number of morpholine rings is 1. The van der Waals surface area contributed by atoms with Gasteiger partial charge in [-0.1, -0.05) is 0 Å². The summed E-state index contributed by atoms with van der Waals surface area (Å²) < 4.78 is 8.12. The Hall–Kier alpha value is -2.65. The summed E-state index contributed by atoms with van der Waals surface area (Å²) in [4.78, 5) is 27.1. The van der Waals surface area contributed by atoms with Crippen molar-refractivity contribution in [1.82, 2.24) is 24.7 Å². The SMILES string of the molecule is O=c1ccc(-c2cccnc2)nn1C[C@@H]1CN(c2ncc(Br)cn2)CCO1. The van der Waals surface area contributed by atoms with Crippen LogP contribution in [0.2, 0.25) is 0 Å². The van der Waals surface area contributed by atoms with Crippen LogP contribution >= 0.6 is 15.9 Å². The van der Waals surface area contributed by atoms with Crippen molar-refractivity contribution in [3.63, 3.8) is 0 Å². The van der Waals surface area contributed by atoms with Crippen LogP contribution in [0.4, 0.5) is 5.95 Å². The van der Waals surface area contributed by atoms with Crippen LogP contribution in [-0.4, -0.2) is 50.5 Å². The highest BCUT2D eigenvalue weighted by Gasteiger charge is 2.23. The number of anilines is 1. The van der Waals surface area contributed by atoms with Gasteiger partial charge in [0, 0.05) is 49.5 Å². The minimum absolute atomic E-state index is 0.164. The van der Waals surface area contributed by atoms with Crippen LogP contribution in [0.1, 0.15) is 0 Å². The van der Waals surface area contributed by atoms with Crippen LogP contribution in [0.5, 0.6) is 0 Å². The van der Waals surface area contributed by atoms with Crippen molar-refractivity contribution in [3.05, 3.63) is 63.9 Å². The Morgan fingerprint density at radius 1 is 1.19 bits per heavy atom. The molecule has 1 atom stereocenters. The molecule has 3 aromatic heterocycles. The first kappa shape index (κ1) is 17.7. The number of hydrogen-bond acceptors (Lipinski definition) is 7. The zero-order valence-electron chi connectivity index (χ0n) is 14.4. The molecule has 138 valence electrons. The van der Waals surface area contributed by atoms with Gasteiger partial charge in [-0.3, -0.25) is 9.78 Å². The molecule has 8 nitrogen and oxygen atoms in total. The summed E-state index contributed by atoms with van der Waals surface area (Å²) >= 11 is 3.34. The molecule has 27 heavy (non-hydrogen) atoms. The van der Waals surface area contributed by atoms with E-state index in [-0.39, 0.29) is 11.7 Å². The van der Waals surface area contributed by atoms with Gasteiger partial charge in [-0.15, -0.1) is 0 Å². The number of aromatic nitrogens is 5. The van der Waals surface area contributed by atoms with E-state index in [0.29, 0.717) is 37.9 Å². The van der Waals surface area contributed by atoms with Crippen molar-refractivity contribution in [1.29, 1.82) is 0 Å². The summed E-state index contributed by atoms with van der Waals surface area (Å²) in [6, 6.07) is 6.98. The van der Waals surface area contributed by atoms with Crippen LogP contribution in [0, 0.1) is 0 Å². The number of nitrogens with zero attached hydrogens (tertiary/aromatic N) is 6. The maximum Gasteiger partial charge on any atom is 0.266 e. The Bertz CT molecular complexity index is 964. The molecule has 0 unspecified atom stereocenters. The number of pyridine rings is 1. The Morgan fingerprint density at radius 3 is 2.81 bits per heavy atom. The lowest BCUT2D eigenvalue weighted by Crippen LogP contribution is -2.46. The summed E-state index contributed by atoms with van der Waals surface area (Å²) in [5, 5.41) is 4.47. The normalized spacial score (nSPS) is 17.1. The Labute approximate surface area is 164 Å². The molecular weight excluding hydrogens is 412 g/mol. The molecule has 0 saturated carbocycles. The highest BCUT2D eigenvalue weighted by Crippen LogP contribution is 2.16. The van der Waals surface area contributed by atoms with Gasteiger partial charge in [0.05, 0.1) is 29.4 Å². The average molecular weight is 429 g/mol. The molecule has 0 aromatic carbocycles. The molecule has 0 amide bonds. The smallest absolute Gasteiger partial charge is 0.266 e. The molecule has 1 aliphatic heterocycles. The second kappa shape index (κ2) is 7.93. The standard InChI is InChI=1S/C18H17BrN6O2/c19-14-9-21-18(22-10-14)24-6-7-27-15(11-24)12-25-17(26)4-3-16(23-25)13-2-1-5-20-8-13/h1-5,8-10,15H,6-7,11-12H2/t15-/m0/s1. The van der Waals surface area contributed by atoms with E-state index >= 15 is 0 Å². The molecule has 4 rings (SSSR count).